The van der Waals surface area contributed by atoms with Crippen molar-refractivity contribution in [2.45, 2.75) is 20.0 Å². The molecule has 0 unspecified atom stereocenters. The molecule has 0 aliphatic carbocycles. The third kappa shape index (κ3) is 4.44. The molecule has 0 bridgehead atoms. The molecule has 4 nitrogen and oxygen atoms in total. The highest BCUT2D eigenvalue weighted by Gasteiger charge is 2.30. The number of aromatic nitrogens is 1. The van der Waals surface area contributed by atoms with Crippen molar-refractivity contribution in [2.75, 3.05) is 5.32 Å². The van der Waals surface area contributed by atoms with E-state index in [0.29, 0.717) is 5.69 Å². The standard InChI is InChI=1S/C23H18F3N3O/c1-15-6-3-10-21(16(15)2)29-11-5-9-20(29)12-17(14-27)22(30)28-19-8-4-7-18(13-19)23(24,25)26/h3-13H,1-2H3,(H,28,30)/b17-12-. The molecule has 1 aromatic heterocycles. The lowest BCUT2D eigenvalue weighted by atomic mass is 10.1. The molecule has 0 fully saturated rings. The molecule has 7 heteroatoms. The average Bonchev–Trinajstić information content (AvgIpc) is 3.15. The SMILES string of the molecule is Cc1cccc(-n2cccc2/C=C(/C#N)C(=O)Nc2cccc(C(F)(F)F)c2)c1C. The Labute approximate surface area is 171 Å². The zero-order valence-electron chi connectivity index (χ0n) is 16.3. The second-order valence-corrected chi connectivity index (χ2v) is 6.72. The van der Waals surface area contributed by atoms with Gasteiger partial charge in [0, 0.05) is 23.3 Å². The first-order chi connectivity index (χ1) is 14.2. The fraction of sp³-hybridized carbons (Fsp3) is 0.130. The van der Waals surface area contributed by atoms with Crippen LogP contribution in [0.25, 0.3) is 11.8 Å². The van der Waals surface area contributed by atoms with E-state index in [1.807, 2.05) is 48.9 Å². The molecule has 0 radical (unpaired) electrons. The highest BCUT2D eigenvalue weighted by molar-refractivity contribution is 6.09. The van der Waals surface area contributed by atoms with Gasteiger partial charge in [-0.25, -0.2) is 0 Å². The Morgan fingerprint density at radius 2 is 1.83 bits per heavy atom. The van der Waals surface area contributed by atoms with E-state index in [4.69, 9.17) is 0 Å². The Morgan fingerprint density at radius 1 is 1.10 bits per heavy atom. The van der Waals surface area contributed by atoms with Gasteiger partial charge < -0.3 is 9.88 Å². The van der Waals surface area contributed by atoms with Gasteiger partial charge in [0.15, 0.2) is 0 Å². The molecule has 1 N–H and O–H groups in total. The fourth-order valence-corrected chi connectivity index (χ4v) is 3.00. The monoisotopic (exact) mass is 409 g/mol. The molecule has 0 spiro atoms. The lowest BCUT2D eigenvalue weighted by Crippen LogP contribution is -2.14. The summed E-state index contributed by atoms with van der Waals surface area (Å²) in [7, 11) is 0. The van der Waals surface area contributed by atoms with Crippen LogP contribution in [0, 0.1) is 25.2 Å². The number of nitrogens with one attached hydrogen (secondary N) is 1. The van der Waals surface area contributed by atoms with E-state index in [1.165, 1.54) is 18.2 Å². The molecule has 0 aliphatic rings. The number of halogens is 3. The number of amides is 1. The largest absolute Gasteiger partial charge is 0.416 e. The van der Waals surface area contributed by atoms with Gasteiger partial charge in [0.25, 0.3) is 5.91 Å². The molecule has 0 saturated carbocycles. The van der Waals surface area contributed by atoms with E-state index in [0.717, 1.165) is 28.9 Å². The van der Waals surface area contributed by atoms with E-state index in [9.17, 15) is 23.2 Å². The van der Waals surface area contributed by atoms with Gasteiger partial charge in [-0.15, -0.1) is 0 Å². The first-order valence-corrected chi connectivity index (χ1v) is 9.05. The summed E-state index contributed by atoms with van der Waals surface area (Å²) in [4.78, 5) is 12.5. The van der Waals surface area contributed by atoms with Crippen molar-refractivity contribution >= 4 is 17.7 Å². The van der Waals surface area contributed by atoms with E-state index in [2.05, 4.69) is 5.32 Å². The number of benzene rings is 2. The summed E-state index contributed by atoms with van der Waals surface area (Å²) in [5.41, 5.74) is 2.50. The molecular formula is C23H18F3N3O. The molecule has 2 aromatic carbocycles. The number of anilines is 1. The summed E-state index contributed by atoms with van der Waals surface area (Å²) in [6.45, 7) is 3.96. The molecule has 0 aliphatic heterocycles. The Bertz CT molecular complexity index is 1170. The molecule has 1 heterocycles. The maximum atomic E-state index is 12.9. The molecule has 3 rings (SSSR count). The van der Waals surface area contributed by atoms with E-state index in [-0.39, 0.29) is 11.3 Å². The molecule has 3 aromatic rings. The van der Waals surface area contributed by atoms with Crippen LogP contribution in [0.4, 0.5) is 18.9 Å². The summed E-state index contributed by atoms with van der Waals surface area (Å²) >= 11 is 0. The topological polar surface area (TPSA) is 57.8 Å². The van der Waals surface area contributed by atoms with Crippen molar-refractivity contribution in [3.05, 3.63) is 88.8 Å². The quantitative estimate of drug-likeness (QED) is 0.447. The minimum Gasteiger partial charge on any atom is -0.321 e. The zero-order valence-corrected chi connectivity index (χ0v) is 16.3. The average molecular weight is 409 g/mol. The van der Waals surface area contributed by atoms with Crippen LogP contribution in [0.1, 0.15) is 22.4 Å². The molecule has 0 atom stereocenters. The molecule has 0 saturated heterocycles. The van der Waals surface area contributed by atoms with Crippen LogP contribution in [0.15, 0.2) is 66.4 Å². The first kappa shape index (κ1) is 20.9. The predicted molar refractivity (Wildman–Crippen MR) is 109 cm³/mol. The molecular weight excluding hydrogens is 391 g/mol. The number of aryl methyl sites for hydroxylation is 1. The summed E-state index contributed by atoms with van der Waals surface area (Å²) in [5.74, 6) is -0.787. The van der Waals surface area contributed by atoms with E-state index >= 15 is 0 Å². The number of nitrogens with zero attached hydrogens (tertiary/aromatic N) is 2. The van der Waals surface area contributed by atoms with Gasteiger partial charge in [0.05, 0.1) is 5.56 Å². The Kier molecular flexibility index (Phi) is 5.79. The minimum atomic E-state index is -4.53. The normalized spacial score (nSPS) is 11.8. The fourth-order valence-electron chi connectivity index (χ4n) is 3.00. The number of carbonyl (C=O) groups excluding carboxylic acids is 1. The van der Waals surface area contributed by atoms with Crippen LogP contribution >= 0.6 is 0 Å². The second-order valence-electron chi connectivity index (χ2n) is 6.72. The number of nitriles is 1. The molecule has 152 valence electrons. The second kappa shape index (κ2) is 8.29. The van der Waals surface area contributed by atoms with Crippen molar-refractivity contribution in [1.29, 1.82) is 5.26 Å². The lowest BCUT2D eigenvalue weighted by molar-refractivity contribution is -0.137. The highest BCUT2D eigenvalue weighted by Crippen LogP contribution is 2.30. The third-order valence-electron chi connectivity index (χ3n) is 4.72. The van der Waals surface area contributed by atoms with E-state index in [1.54, 1.807) is 12.1 Å². The Hall–Kier alpha value is -3.79. The highest BCUT2D eigenvalue weighted by atomic mass is 19.4. The van der Waals surface area contributed by atoms with Gasteiger partial charge in [0.2, 0.25) is 0 Å². The molecule has 30 heavy (non-hydrogen) atoms. The molecule has 1 amide bonds. The van der Waals surface area contributed by atoms with Crippen LogP contribution in [-0.2, 0) is 11.0 Å². The van der Waals surface area contributed by atoms with Crippen molar-refractivity contribution < 1.29 is 18.0 Å². The maximum Gasteiger partial charge on any atom is 0.416 e. The van der Waals surface area contributed by atoms with Gasteiger partial charge >= 0.3 is 6.18 Å². The number of hydrogen-bond donors (Lipinski definition) is 1. The van der Waals surface area contributed by atoms with Gasteiger partial charge in [-0.1, -0.05) is 18.2 Å². The summed E-state index contributed by atoms with van der Waals surface area (Å²) in [5, 5.41) is 11.8. The first-order valence-electron chi connectivity index (χ1n) is 9.05. The van der Waals surface area contributed by atoms with Crippen LogP contribution in [0.5, 0.6) is 0 Å². The van der Waals surface area contributed by atoms with Crippen molar-refractivity contribution in [3.8, 4) is 11.8 Å². The van der Waals surface area contributed by atoms with Crippen molar-refractivity contribution in [3.63, 3.8) is 0 Å². The summed E-state index contributed by atoms with van der Waals surface area (Å²) in [6.07, 6.45) is -1.31. The number of hydrogen-bond acceptors (Lipinski definition) is 2. The number of alkyl halides is 3. The smallest absolute Gasteiger partial charge is 0.321 e. The number of rotatable bonds is 4. The van der Waals surface area contributed by atoms with Crippen molar-refractivity contribution in [2.24, 2.45) is 0 Å². The summed E-state index contributed by atoms with van der Waals surface area (Å²) in [6, 6.07) is 15.4. The lowest BCUT2D eigenvalue weighted by Gasteiger charge is -2.12. The summed E-state index contributed by atoms with van der Waals surface area (Å²) < 4.78 is 40.5. The Morgan fingerprint density at radius 3 is 2.53 bits per heavy atom. The predicted octanol–water partition coefficient (Wildman–Crippen LogP) is 5.66. The van der Waals surface area contributed by atoms with Gasteiger partial charge in [-0.05, 0) is 67.4 Å². The Balaban J connectivity index is 1.91. The van der Waals surface area contributed by atoms with Gasteiger partial charge in [-0.2, -0.15) is 18.4 Å². The minimum absolute atomic E-state index is 0.0408. The van der Waals surface area contributed by atoms with E-state index < -0.39 is 17.6 Å². The van der Waals surface area contributed by atoms with Crippen LogP contribution in [0.2, 0.25) is 0 Å². The number of carbonyl (C=O) groups is 1. The third-order valence-corrected chi connectivity index (χ3v) is 4.72. The maximum absolute atomic E-state index is 12.9. The van der Waals surface area contributed by atoms with Gasteiger partial charge in [-0.3, -0.25) is 4.79 Å². The van der Waals surface area contributed by atoms with Crippen LogP contribution in [0.3, 0.4) is 0 Å². The van der Waals surface area contributed by atoms with Crippen LogP contribution in [-0.4, -0.2) is 10.5 Å². The zero-order chi connectivity index (χ0) is 21.9. The van der Waals surface area contributed by atoms with Gasteiger partial charge in [0.1, 0.15) is 11.6 Å². The van der Waals surface area contributed by atoms with Crippen molar-refractivity contribution in [1.82, 2.24) is 4.57 Å². The van der Waals surface area contributed by atoms with Crippen LogP contribution < -0.4 is 5.32 Å².